The SMILES string of the molecule is CCNC(=NCc1ccnn1C)N1CCC(Cc2ccccc2)C1.I. The molecule has 2 aromatic rings. The van der Waals surface area contributed by atoms with E-state index in [1.807, 2.05) is 24.0 Å². The Morgan fingerprint density at radius 1 is 1.28 bits per heavy atom. The predicted molar refractivity (Wildman–Crippen MR) is 113 cm³/mol. The summed E-state index contributed by atoms with van der Waals surface area (Å²) in [5.74, 6) is 1.72. The van der Waals surface area contributed by atoms with Gasteiger partial charge >= 0.3 is 0 Å². The van der Waals surface area contributed by atoms with Crippen molar-refractivity contribution in [3.05, 3.63) is 53.9 Å². The van der Waals surface area contributed by atoms with Crippen LogP contribution in [-0.4, -0.2) is 40.3 Å². The number of halogens is 1. The molecule has 3 rings (SSSR count). The molecule has 0 amide bonds. The Kier molecular flexibility index (Phi) is 7.74. The summed E-state index contributed by atoms with van der Waals surface area (Å²) in [4.78, 5) is 7.21. The molecule has 1 saturated heterocycles. The van der Waals surface area contributed by atoms with Gasteiger partial charge in [-0.1, -0.05) is 30.3 Å². The van der Waals surface area contributed by atoms with Gasteiger partial charge in [0.2, 0.25) is 0 Å². The van der Waals surface area contributed by atoms with Crippen molar-refractivity contribution >= 4 is 29.9 Å². The van der Waals surface area contributed by atoms with Gasteiger partial charge in [0.25, 0.3) is 0 Å². The molecule has 0 bridgehead atoms. The highest BCUT2D eigenvalue weighted by Gasteiger charge is 2.24. The number of rotatable bonds is 5. The molecular formula is C19H28IN5. The van der Waals surface area contributed by atoms with Crippen molar-refractivity contribution in [2.45, 2.75) is 26.3 Å². The lowest BCUT2D eigenvalue weighted by Gasteiger charge is -2.21. The first-order valence-corrected chi connectivity index (χ1v) is 8.80. The van der Waals surface area contributed by atoms with Gasteiger partial charge in [-0.15, -0.1) is 24.0 Å². The van der Waals surface area contributed by atoms with Crippen LogP contribution in [0, 0.1) is 5.92 Å². The minimum atomic E-state index is 0. The molecule has 1 N–H and O–H groups in total. The second kappa shape index (κ2) is 9.79. The highest BCUT2D eigenvalue weighted by molar-refractivity contribution is 14.0. The first kappa shape index (κ1) is 19.8. The van der Waals surface area contributed by atoms with Crippen LogP contribution in [0.2, 0.25) is 0 Å². The fourth-order valence-electron chi connectivity index (χ4n) is 3.28. The molecule has 5 nitrogen and oxygen atoms in total. The lowest BCUT2D eigenvalue weighted by atomic mass is 9.99. The molecule has 0 aliphatic carbocycles. The second-order valence-electron chi connectivity index (χ2n) is 6.41. The van der Waals surface area contributed by atoms with Crippen LogP contribution in [0.5, 0.6) is 0 Å². The molecule has 1 aliphatic rings. The maximum atomic E-state index is 4.81. The van der Waals surface area contributed by atoms with Gasteiger partial charge in [-0.2, -0.15) is 5.10 Å². The number of hydrogen-bond acceptors (Lipinski definition) is 2. The fraction of sp³-hybridized carbons (Fsp3) is 0.474. The molecular weight excluding hydrogens is 425 g/mol. The highest BCUT2D eigenvalue weighted by atomic mass is 127. The minimum Gasteiger partial charge on any atom is -0.357 e. The zero-order chi connectivity index (χ0) is 16.8. The van der Waals surface area contributed by atoms with Gasteiger partial charge in [0, 0.05) is 32.9 Å². The summed E-state index contributed by atoms with van der Waals surface area (Å²) in [6, 6.07) is 12.8. The lowest BCUT2D eigenvalue weighted by molar-refractivity contribution is 0.459. The maximum Gasteiger partial charge on any atom is 0.194 e. The summed E-state index contributed by atoms with van der Waals surface area (Å²) < 4.78 is 1.88. The molecule has 6 heteroatoms. The normalized spacial score (nSPS) is 17.4. The maximum absolute atomic E-state index is 4.81. The van der Waals surface area contributed by atoms with E-state index in [4.69, 9.17) is 4.99 Å². The standard InChI is InChI=1S/C19H27N5.HI/c1-3-20-19(21-14-18-9-11-22-23(18)2)24-12-10-17(15-24)13-16-7-5-4-6-8-16;/h4-9,11,17H,3,10,12-15H2,1-2H3,(H,20,21);1H. The third-order valence-electron chi connectivity index (χ3n) is 4.60. The topological polar surface area (TPSA) is 45.5 Å². The van der Waals surface area contributed by atoms with Crippen molar-refractivity contribution in [1.82, 2.24) is 20.0 Å². The average Bonchev–Trinajstić information content (AvgIpc) is 3.22. The molecule has 0 spiro atoms. The summed E-state index contributed by atoms with van der Waals surface area (Å²) in [7, 11) is 1.96. The van der Waals surface area contributed by atoms with Gasteiger partial charge in [0.1, 0.15) is 0 Å². The van der Waals surface area contributed by atoms with Gasteiger partial charge in [-0.3, -0.25) is 4.68 Å². The van der Waals surface area contributed by atoms with Crippen molar-refractivity contribution in [2.75, 3.05) is 19.6 Å². The number of nitrogens with one attached hydrogen (secondary N) is 1. The molecule has 1 aromatic carbocycles. The van der Waals surface area contributed by atoms with Crippen LogP contribution < -0.4 is 5.32 Å². The Morgan fingerprint density at radius 3 is 2.76 bits per heavy atom. The van der Waals surface area contributed by atoms with E-state index < -0.39 is 0 Å². The van der Waals surface area contributed by atoms with E-state index >= 15 is 0 Å². The smallest absolute Gasteiger partial charge is 0.194 e. The number of aliphatic imine (C=N–C) groups is 1. The van der Waals surface area contributed by atoms with Gasteiger partial charge in [-0.25, -0.2) is 4.99 Å². The summed E-state index contributed by atoms with van der Waals surface area (Å²) in [6.07, 6.45) is 4.20. The van der Waals surface area contributed by atoms with E-state index in [0.29, 0.717) is 12.5 Å². The van der Waals surface area contributed by atoms with Crippen LogP contribution in [0.1, 0.15) is 24.6 Å². The molecule has 1 unspecified atom stereocenters. The number of likely N-dealkylation sites (tertiary alicyclic amines) is 1. The quantitative estimate of drug-likeness (QED) is 0.430. The molecule has 1 atom stereocenters. The van der Waals surface area contributed by atoms with Crippen molar-refractivity contribution in [1.29, 1.82) is 0 Å². The molecule has 2 heterocycles. The zero-order valence-electron chi connectivity index (χ0n) is 15.1. The molecule has 1 aromatic heterocycles. The second-order valence-corrected chi connectivity index (χ2v) is 6.41. The Hall–Kier alpha value is -1.57. The van der Waals surface area contributed by atoms with E-state index in [9.17, 15) is 0 Å². The number of hydrogen-bond donors (Lipinski definition) is 1. The Labute approximate surface area is 167 Å². The summed E-state index contributed by atoms with van der Waals surface area (Å²) in [5.41, 5.74) is 2.56. The van der Waals surface area contributed by atoms with Crippen LogP contribution in [0.25, 0.3) is 0 Å². The van der Waals surface area contributed by atoms with Crippen molar-refractivity contribution in [3.8, 4) is 0 Å². The molecule has 1 fully saturated rings. The number of aromatic nitrogens is 2. The van der Waals surface area contributed by atoms with Crippen molar-refractivity contribution < 1.29 is 0 Å². The highest BCUT2D eigenvalue weighted by Crippen LogP contribution is 2.21. The number of benzene rings is 1. The minimum absolute atomic E-state index is 0. The first-order chi connectivity index (χ1) is 11.8. The van der Waals surface area contributed by atoms with E-state index in [-0.39, 0.29) is 24.0 Å². The van der Waals surface area contributed by atoms with Crippen LogP contribution in [0.4, 0.5) is 0 Å². The van der Waals surface area contributed by atoms with Gasteiger partial charge in [-0.05, 0) is 37.3 Å². The van der Waals surface area contributed by atoms with E-state index in [1.165, 1.54) is 12.0 Å². The van der Waals surface area contributed by atoms with Gasteiger partial charge in [0.05, 0.1) is 12.2 Å². The Morgan fingerprint density at radius 2 is 2.08 bits per heavy atom. The summed E-state index contributed by atoms with van der Waals surface area (Å²) in [6.45, 7) is 5.83. The molecule has 136 valence electrons. The third kappa shape index (κ3) is 5.45. The molecule has 25 heavy (non-hydrogen) atoms. The lowest BCUT2D eigenvalue weighted by Crippen LogP contribution is -2.40. The molecule has 0 saturated carbocycles. The van der Waals surface area contributed by atoms with E-state index in [0.717, 1.165) is 37.7 Å². The van der Waals surface area contributed by atoms with Crippen LogP contribution >= 0.6 is 24.0 Å². The monoisotopic (exact) mass is 453 g/mol. The van der Waals surface area contributed by atoms with Crippen LogP contribution in [-0.2, 0) is 20.0 Å². The summed E-state index contributed by atoms with van der Waals surface area (Å²) in [5, 5.41) is 7.65. The summed E-state index contributed by atoms with van der Waals surface area (Å²) >= 11 is 0. The van der Waals surface area contributed by atoms with E-state index in [2.05, 4.69) is 52.6 Å². The number of guanidine groups is 1. The first-order valence-electron chi connectivity index (χ1n) is 8.80. The number of nitrogens with zero attached hydrogens (tertiary/aromatic N) is 4. The Bertz CT molecular complexity index is 667. The van der Waals surface area contributed by atoms with Crippen LogP contribution in [0.3, 0.4) is 0 Å². The van der Waals surface area contributed by atoms with Crippen molar-refractivity contribution in [2.24, 2.45) is 18.0 Å². The average molecular weight is 453 g/mol. The third-order valence-corrected chi connectivity index (χ3v) is 4.60. The fourth-order valence-corrected chi connectivity index (χ4v) is 3.28. The van der Waals surface area contributed by atoms with Gasteiger partial charge < -0.3 is 10.2 Å². The molecule has 0 radical (unpaired) electrons. The predicted octanol–water partition coefficient (Wildman–Crippen LogP) is 3.07. The van der Waals surface area contributed by atoms with Gasteiger partial charge in [0.15, 0.2) is 5.96 Å². The number of aryl methyl sites for hydroxylation is 1. The largest absolute Gasteiger partial charge is 0.357 e. The van der Waals surface area contributed by atoms with Crippen molar-refractivity contribution in [3.63, 3.8) is 0 Å². The molecule has 1 aliphatic heterocycles. The Balaban J connectivity index is 0.00000225. The van der Waals surface area contributed by atoms with Crippen LogP contribution in [0.15, 0.2) is 47.6 Å². The zero-order valence-corrected chi connectivity index (χ0v) is 17.4. The van der Waals surface area contributed by atoms with E-state index in [1.54, 1.807) is 0 Å².